The number of methoxy groups -OCH3 is 1. The lowest BCUT2D eigenvalue weighted by molar-refractivity contribution is -0.117. The lowest BCUT2D eigenvalue weighted by atomic mass is 10.1. The Hall–Kier alpha value is -3.15. The highest BCUT2D eigenvalue weighted by molar-refractivity contribution is 5.96. The monoisotopic (exact) mass is 363 g/mol. The molecule has 1 saturated heterocycles. The lowest BCUT2D eigenvalue weighted by Gasteiger charge is -2.15. The van der Waals surface area contributed by atoms with E-state index in [1.54, 1.807) is 12.0 Å². The van der Waals surface area contributed by atoms with Crippen LogP contribution in [-0.4, -0.2) is 29.7 Å². The molecule has 0 saturated carbocycles. The fourth-order valence-corrected chi connectivity index (χ4v) is 3.32. The number of para-hydroxylation sites is 1. The molecule has 6 heteroatoms. The van der Waals surface area contributed by atoms with Crippen molar-refractivity contribution < 1.29 is 14.1 Å². The normalized spacial score (nSPS) is 16.7. The number of rotatable bonds is 6. The van der Waals surface area contributed by atoms with E-state index >= 15 is 0 Å². The van der Waals surface area contributed by atoms with Crippen molar-refractivity contribution in [1.29, 1.82) is 0 Å². The Labute approximate surface area is 157 Å². The molecule has 3 aromatic rings. The Balaban J connectivity index is 1.38. The third-order valence-electron chi connectivity index (χ3n) is 4.83. The number of hydrogen-bond acceptors (Lipinski definition) is 5. The number of aromatic nitrogens is 2. The predicted octanol–water partition coefficient (Wildman–Crippen LogP) is 3.38. The van der Waals surface area contributed by atoms with Crippen molar-refractivity contribution in [1.82, 2.24) is 10.1 Å². The van der Waals surface area contributed by atoms with Crippen LogP contribution in [0.1, 0.15) is 29.6 Å². The molecule has 0 spiro atoms. The van der Waals surface area contributed by atoms with E-state index in [1.807, 2.05) is 54.6 Å². The first-order valence-electron chi connectivity index (χ1n) is 9.04. The summed E-state index contributed by atoms with van der Waals surface area (Å²) in [5.74, 6) is 2.12. The number of nitrogens with zero attached hydrogens (tertiary/aromatic N) is 3. The summed E-state index contributed by atoms with van der Waals surface area (Å²) in [7, 11) is 1.65. The number of benzene rings is 2. The number of aryl methyl sites for hydroxylation is 2. The van der Waals surface area contributed by atoms with Crippen LogP contribution in [0.3, 0.4) is 0 Å². The van der Waals surface area contributed by atoms with Crippen molar-refractivity contribution in [2.45, 2.75) is 25.2 Å². The van der Waals surface area contributed by atoms with Crippen molar-refractivity contribution in [3.63, 3.8) is 0 Å². The second kappa shape index (κ2) is 7.61. The molecule has 1 amide bonds. The van der Waals surface area contributed by atoms with E-state index in [1.165, 1.54) is 5.56 Å². The minimum atomic E-state index is -0.0313. The van der Waals surface area contributed by atoms with Crippen LogP contribution in [0.15, 0.2) is 59.1 Å². The summed E-state index contributed by atoms with van der Waals surface area (Å²) in [6.07, 6.45) is 1.89. The first kappa shape index (κ1) is 17.3. The van der Waals surface area contributed by atoms with Gasteiger partial charge in [-0.1, -0.05) is 35.5 Å². The van der Waals surface area contributed by atoms with Gasteiger partial charge in [-0.15, -0.1) is 0 Å². The topological polar surface area (TPSA) is 68.5 Å². The fourth-order valence-electron chi connectivity index (χ4n) is 3.32. The highest BCUT2D eigenvalue weighted by Crippen LogP contribution is 2.30. The number of ether oxygens (including phenoxy) is 1. The molecule has 0 aliphatic carbocycles. The first-order valence-corrected chi connectivity index (χ1v) is 9.04. The molecule has 0 N–H and O–H groups in total. The zero-order valence-electron chi connectivity index (χ0n) is 15.2. The molecule has 0 bridgehead atoms. The number of amides is 1. The average Bonchev–Trinajstić information content (AvgIpc) is 3.34. The third-order valence-corrected chi connectivity index (χ3v) is 4.83. The summed E-state index contributed by atoms with van der Waals surface area (Å²) < 4.78 is 10.6. The summed E-state index contributed by atoms with van der Waals surface area (Å²) in [6.45, 7) is 0.584. The summed E-state index contributed by atoms with van der Waals surface area (Å²) >= 11 is 0. The van der Waals surface area contributed by atoms with E-state index in [0.717, 1.165) is 17.9 Å². The number of anilines is 1. The zero-order chi connectivity index (χ0) is 18.6. The maximum absolute atomic E-state index is 12.4. The second-order valence-corrected chi connectivity index (χ2v) is 6.64. The van der Waals surface area contributed by atoms with Crippen LogP contribution < -0.4 is 9.64 Å². The van der Waals surface area contributed by atoms with Gasteiger partial charge in [-0.05, 0) is 36.2 Å². The molecule has 0 radical (unpaired) electrons. The van der Waals surface area contributed by atoms with Crippen molar-refractivity contribution in [2.75, 3.05) is 18.6 Å². The maximum atomic E-state index is 12.4. The summed E-state index contributed by atoms with van der Waals surface area (Å²) in [6, 6.07) is 17.6. The van der Waals surface area contributed by atoms with E-state index in [0.29, 0.717) is 31.1 Å². The molecule has 1 aliphatic rings. The van der Waals surface area contributed by atoms with Crippen LogP contribution in [0, 0.1) is 0 Å². The molecule has 1 aromatic heterocycles. The molecular weight excluding hydrogens is 342 g/mol. The van der Waals surface area contributed by atoms with Crippen LogP contribution in [0.4, 0.5) is 5.69 Å². The Bertz CT molecular complexity index is 906. The van der Waals surface area contributed by atoms with Crippen LogP contribution in [-0.2, 0) is 17.6 Å². The molecule has 2 heterocycles. The lowest BCUT2D eigenvalue weighted by Crippen LogP contribution is -2.24. The molecule has 1 unspecified atom stereocenters. The van der Waals surface area contributed by atoms with Gasteiger partial charge in [0.15, 0.2) is 5.82 Å². The highest BCUT2D eigenvalue weighted by atomic mass is 16.5. The van der Waals surface area contributed by atoms with Gasteiger partial charge >= 0.3 is 0 Å². The molecular formula is C21H21N3O3. The van der Waals surface area contributed by atoms with E-state index in [2.05, 4.69) is 10.1 Å². The Kier molecular flexibility index (Phi) is 4.87. The Morgan fingerprint density at radius 1 is 1.11 bits per heavy atom. The number of hydrogen-bond donors (Lipinski definition) is 0. The minimum absolute atomic E-state index is 0.0313. The van der Waals surface area contributed by atoms with Gasteiger partial charge in [0, 0.05) is 31.0 Å². The molecule has 1 aliphatic heterocycles. The number of carbonyl (C=O) groups is 1. The smallest absolute Gasteiger partial charge is 0.227 e. The van der Waals surface area contributed by atoms with E-state index in [-0.39, 0.29) is 11.8 Å². The van der Waals surface area contributed by atoms with Gasteiger partial charge in [0.2, 0.25) is 11.8 Å². The quantitative estimate of drug-likeness (QED) is 0.671. The fraction of sp³-hybridized carbons (Fsp3) is 0.286. The van der Waals surface area contributed by atoms with Crippen LogP contribution in [0.25, 0.3) is 0 Å². The second-order valence-electron chi connectivity index (χ2n) is 6.64. The van der Waals surface area contributed by atoms with Gasteiger partial charge in [-0.3, -0.25) is 4.79 Å². The molecule has 4 rings (SSSR count). The first-order chi connectivity index (χ1) is 13.2. The molecule has 1 fully saturated rings. The molecule has 138 valence electrons. The van der Waals surface area contributed by atoms with Crippen molar-refractivity contribution >= 4 is 11.6 Å². The SMILES string of the molecule is COc1ccc(CCc2nc(C3CC(=O)N(c4ccccc4)C3)no2)cc1. The largest absolute Gasteiger partial charge is 0.497 e. The van der Waals surface area contributed by atoms with Gasteiger partial charge in [0.05, 0.1) is 7.11 Å². The summed E-state index contributed by atoms with van der Waals surface area (Å²) in [5.41, 5.74) is 2.09. The highest BCUT2D eigenvalue weighted by Gasteiger charge is 2.34. The van der Waals surface area contributed by atoms with Crippen molar-refractivity contribution in [2.24, 2.45) is 0 Å². The van der Waals surface area contributed by atoms with Gasteiger partial charge in [-0.2, -0.15) is 4.98 Å². The minimum Gasteiger partial charge on any atom is -0.497 e. The number of carbonyl (C=O) groups excluding carboxylic acids is 1. The summed E-state index contributed by atoms with van der Waals surface area (Å²) in [5, 5.41) is 4.12. The van der Waals surface area contributed by atoms with E-state index in [9.17, 15) is 4.79 Å². The van der Waals surface area contributed by atoms with Crippen LogP contribution in [0.5, 0.6) is 5.75 Å². The average molecular weight is 363 g/mol. The van der Waals surface area contributed by atoms with Crippen LogP contribution in [0.2, 0.25) is 0 Å². The van der Waals surface area contributed by atoms with Crippen LogP contribution >= 0.6 is 0 Å². The zero-order valence-corrected chi connectivity index (χ0v) is 15.2. The van der Waals surface area contributed by atoms with Gasteiger partial charge in [0.1, 0.15) is 5.75 Å². The summed E-state index contributed by atoms with van der Waals surface area (Å²) in [4.78, 5) is 18.7. The predicted molar refractivity (Wildman–Crippen MR) is 101 cm³/mol. The maximum Gasteiger partial charge on any atom is 0.227 e. The molecule has 2 aromatic carbocycles. The molecule has 6 nitrogen and oxygen atoms in total. The third kappa shape index (κ3) is 3.84. The molecule has 27 heavy (non-hydrogen) atoms. The van der Waals surface area contributed by atoms with E-state index < -0.39 is 0 Å². The van der Waals surface area contributed by atoms with Gasteiger partial charge < -0.3 is 14.2 Å². The van der Waals surface area contributed by atoms with E-state index in [4.69, 9.17) is 9.26 Å². The van der Waals surface area contributed by atoms with Crippen molar-refractivity contribution in [3.05, 3.63) is 71.9 Å². The Morgan fingerprint density at radius 2 is 1.89 bits per heavy atom. The van der Waals surface area contributed by atoms with Crippen molar-refractivity contribution in [3.8, 4) is 5.75 Å². The standard InChI is InChI=1S/C21H21N3O3/c1-26-18-10-7-15(8-11-18)9-12-19-22-21(23-27-19)16-13-20(25)24(14-16)17-5-3-2-4-6-17/h2-8,10-11,16H,9,12-14H2,1H3. The van der Waals surface area contributed by atoms with Gasteiger partial charge in [-0.25, -0.2) is 0 Å². The Morgan fingerprint density at radius 3 is 2.63 bits per heavy atom. The molecule has 1 atom stereocenters. The van der Waals surface area contributed by atoms with Gasteiger partial charge in [0.25, 0.3) is 0 Å².